The summed E-state index contributed by atoms with van der Waals surface area (Å²) in [5.41, 5.74) is 3.19. The topological polar surface area (TPSA) is 110 Å². The van der Waals surface area contributed by atoms with Crippen LogP contribution in [0.5, 0.6) is 0 Å². The molecule has 262 valence electrons. The Kier molecular flexibility index (Phi) is 10.6. The van der Waals surface area contributed by atoms with Crippen LogP contribution in [-0.2, 0) is 28.1 Å². The molecule has 0 aliphatic heterocycles. The minimum atomic E-state index is -4.70. The van der Waals surface area contributed by atoms with E-state index in [0.717, 1.165) is 28.8 Å². The number of alkyl halides is 3. The minimum absolute atomic E-state index is 0.0777. The van der Waals surface area contributed by atoms with E-state index in [2.05, 4.69) is 31.2 Å². The van der Waals surface area contributed by atoms with Crippen LogP contribution in [0.4, 0.5) is 17.6 Å². The summed E-state index contributed by atoms with van der Waals surface area (Å²) >= 11 is 6.37. The van der Waals surface area contributed by atoms with Crippen LogP contribution in [0.15, 0.2) is 95.5 Å². The van der Waals surface area contributed by atoms with Crippen LogP contribution in [0, 0.1) is 5.82 Å². The SMILES string of the molecule is CC(C)(C)c1ccc(C(Cc2ccc(C(=O)NCCS(=O)(=O)O)cc2)c2cc(-c3ccc(Cl)c(-c4ccc(C(F)(F)F)cc4F)c3)on2)cc1. The van der Waals surface area contributed by atoms with E-state index >= 15 is 0 Å². The highest BCUT2D eigenvalue weighted by molar-refractivity contribution is 7.85. The lowest BCUT2D eigenvalue weighted by atomic mass is 9.83. The fraction of sp³-hybridized carbons (Fsp3) is 0.243. The van der Waals surface area contributed by atoms with Gasteiger partial charge < -0.3 is 9.84 Å². The summed E-state index contributed by atoms with van der Waals surface area (Å²) in [6.45, 7) is 6.09. The molecule has 1 atom stereocenters. The Balaban J connectivity index is 1.45. The molecule has 0 saturated carbocycles. The first kappa shape index (κ1) is 36.8. The van der Waals surface area contributed by atoms with E-state index in [0.29, 0.717) is 35.1 Å². The highest BCUT2D eigenvalue weighted by atomic mass is 35.5. The van der Waals surface area contributed by atoms with E-state index in [1.165, 1.54) is 12.1 Å². The first-order valence-electron chi connectivity index (χ1n) is 15.5. The zero-order valence-electron chi connectivity index (χ0n) is 27.2. The molecule has 0 spiro atoms. The molecule has 0 fully saturated rings. The van der Waals surface area contributed by atoms with E-state index in [-0.39, 0.29) is 34.0 Å². The zero-order chi connectivity index (χ0) is 36.4. The number of carbonyl (C=O) groups excluding carboxylic acids is 1. The van der Waals surface area contributed by atoms with Gasteiger partial charge in [0.05, 0.1) is 17.0 Å². The molecular formula is C37H33ClF4N2O5S. The van der Waals surface area contributed by atoms with Crippen LogP contribution in [-0.4, -0.2) is 36.3 Å². The quantitative estimate of drug-likeness (QED) is 0.110. The van der Waals surface area contributed by atoms with Crippen molar-refractivity contribution in [1.29, 1.82) is 0 Å². The third kappa shape index (κ3) is 8.98. The Morgan fingerprint density at radius 2 is 1.56 bits per heavy atom. The van der Waals surface area contributed by atoms with E-state index < -0.39 is 39.3 Å². The average molecular weight is 729 g/mol. The van der Waals surface area contributed by atoms with Crippen molar-refractivity contribution in [1.82, 2.24) is 10.5 Å². The molecule has 5 aromatic rings. The van der Waals surface area contributed by atoms with Crippen molar-refractivity contribution in [2.24, 2.45) is 0 Å². The van der Waals surface area contributed by atoms with Gasteiger partial charge in [0, 0.05) is 45.8 Å². The van der Waals surface area contributed by atoms with Crippen molar-refractivity contribution in [3.8, 4) is 22.5 Å². The first-order valence-corrected chi connectivity index (χ1v) is 17.4. The lowest BCUT2D eigenvalue weighted by molar-refractivity contribution is -0.137. The number of rotatable bonds is 10. The molecule has 1 heterocycles. The number of nitrogens with zero attached hydrogens (tertiary/aromatic N) is 1. The molecule has 1 aromatic heterocycles. The molecule has 0 aliphatic carbocycles. The molecule has 0 bridgehead atoms. The van der Waals surface area contributed by atoms with Gasteiger partial charge in [-0.25, -0.2) is 4.39 Å². The second-order valence-electron chi connectivity index (χ2n) is 12.9. The number of hydrogen-bond donors (Lipinski definition) is 2. The Morgan fingerprint density at radius 1 is 0.900 bits per heavy atom. The van der Waals surface area contributed by atoms with Crippen LogP contribution >= 0.6 is 11.6 Å². The largest absolute Gasteiger partial charge is 0.416 e. The molecule has 1 amide bonds. The normalized spacial score (nSPS) is 12.9. The van der Waals surface area contributed by atoms with Gasteiger partial charge in [-0.2, -0.15) is 21.6 Å². The number of amides is 1. The van der Waals surface area contributed by atoms with E-state index in [1.807, 2.05) is 24.3 Å². The average Bonchev–Trinajstić information content (AvgIpc) is 3.53. The van der Waals surface area contributed by atoms with Gasteiger partial charge in [0.25, 0.3) is 16.0 Å². The Labute approximate surface area is 292 Å². The molecule has 2 N–H and O–H groups in total. The number of benzene rings is 4. The van der Waals surface area contributed by atoms with Crippen molar-refractivity contribution in [3.63, 3.8) is 0 Å². The predicted octanol–water partition coefficient (Wildman–Crippen LogP) is 9.11. The molecule has 0 radical (unpaired) electrons. The summed E-state index contributed by atoms with van der Waals surface area (Å²) < 4.78 is 90.9. The van der Waals surface area contributed by atoms with Crippen LogP contribution in [0.1, 0.15) is 65.0 Å². The van der Waals surface area contributed by atoms with Crippen molar-refractivity contribution >= 4 is 27.6 Å². The number of carbonyl (C=O) groups is 1. The second-order valence-corrected chi connectivity index (χ2v) is 14.8. The van der Waals surface area contributed by atoms with Gasteiger partial charge in [0.15, 0.2) is 5.76 Å². The molecule has 7 nitrogen and oxygen atoms in total. The van der Waals surface area contributed by atoms with Crippen molar-refractivity contribution in [2.75, 3.05) is 12.3 Å². The van der Waals surface area contributed by atoms with Crippen LogP contribution in [0.3, 0.4) is 0 Å². The molecular weight excluding hydrogens is 696 g/mol. The molecule has 13 heteroatoms. The second kappa shape index (κ2) is 14.4. The molecule has 0 saturated heterocycles. The number of aromatic nitrogens is 1. The smallest absolute Gasteiger partial charge is 0.356 e. The standard InChI is InChI=1S/C37H33ClF4N2O5S/c1-36(2,3)26-11-8-23(9-12-26)29(18-22-4-6-24(7-5-22)35(45)43-16-17-50(46,47)48)33-21-34(49-44-33)25-10-15-31(38)30(19-25)28-14-13-27(20-32(28)39)37(40,41)42/h4-15,19-21,29H,16-18H2,1-3H3,(H,43,45)(H,46,47,48). The highest BCUT2D eigenvalue weighted by Gasteiger charge is 2.31. The third-order valence-corrected chi connectivity index (χ3v) is 9.25. The fourth-order valence-corrected chi connectivity index (χ4v) is 6.00. The fourth-order valence-electron chi connectivity index (χ4n) is 5.42. The van der Waals surface area contributed by atoms with E-state index in [4.69, 9.17) is 20.7 Å². The Hall–Kier alpha value is -4.52. The molecule has 50 heavy (non-hydrogen) atoms. The van der Waals surface area contributed by atoms with Gasteiger partial charge in [0.1, 0.15) is 5.82 Å². The van der Waals surface area contributed by atoms with Crippen LogP contribution < -0.4 is 5.32 Å². The van der Waals surface area contributed by atoms with Gasteiger partial charge in [-0.05, 0) is 71.0 Å². The third-order valence-electron chi connectivity index (χ3n) is 8.20. The predicted molar refractivity (Wildman–Crippen MR) is 183 cm³/mol. The summed E-state index contributed by atoms with van der Waals surface area (Å²) in [5, 5.41) is 6.97. The lowest BCUT2D eigenvalue weighted by Gasteiger charge is -2.21. The monoisotopic (exact) mass is 728 g/mol. The maximum Gasteiger partial charge on any atom is 0.416 e. The highest BCUT2D eigenvalue weighted by Crippen LogP contribution is 2.38. The maximum atomic E-state index is 14.9. The zero-order valence-corrected chi connectivity index (χ0v) is 28.8. The molecule has 4 aromatic carbocycles. The van der Waals surface area contributed by atoms with Gasteiger partial charge in [-0.3, -0.25) is 9.35 Å². The molecule has 1 unspecified atom stereocenters. The summed E-state index contributed by atoms with van der Waals surface area (Å²) in [6.07, 6.45) is -4.25. The van der Waals surface area contributed by atoms with E-state index in [1.54, 1.807) is 36.4 Å². The Morgan fingerprint density at radius 3 is 2.16 bits per heavy atom. The summed E-state index contributed by atoms with van der Waals surface area (Å²) in [5.74, 6) is -2.14. The first-order chi connectivity index (χ1) is 23.4. The van der Waals surface area contributed by atoms with Gasteiger partial charge in [-0.15, -0.1) is 0 Å². The lowest BCUT2D eigenvalue weighted by Crippen LogP contribution is -2.28. The number of hydrogen-bond acceptors (Lipinski definition) is 5. The van der Waals surface area contributed by atoms with Gasteiger partial charge in [0.2, 0.25) is 0 Å². The molecule has 0 aliphatic rings. The van der Waals surface area contributed by atoms with Gasteiger partial charge >= 0.3 is 6.18 Å². The summed E-state index contributed by atoms with van der Waals surface area (Å²) in [4.78, 5) is 12.5. The Bertz CT molecular complexity index is 2110. The maximum absolute atomic E-state index is 14.9. The summed E-state index contributed by atoms with van der Waals surface area (Å²) in [6, 6.07) is 23.6. The van der Waals surface area contributed by atoms with Crippen molar-refractivity contribution < 1.29 is 39.8 Å². The number of nitrogens with one attached hydrogen (secondary N) is 1. The van der Waals surface area contributed by atoms with Crippen molar-refractivity contribution in [3.05, 3.63) is 135 Å². The van der Waals surface area contributed by atoms with Gasteiger partial charge in [-0.1, -0.05) is 80.0 Å². The van der Waals surface area contributed by atoms with Crippen LogP contribution in [0.2, 0.25) is 5.02 Å². The molecule has 5 rings (SSSR count). The minimum Gasteiger partial charge on any atom is -0.356 e. The summed E-state index contributed by atoms with van der Waals surface area (Å²) in [7, 11) is -4.21. The number of halogens is 5. The van der Waals surface area contributed by atoms with E-state index in [9.17, 15) is 30.8 Å². The van der Waals surface area contributed by atoms with Crippen molar-refractivity contribution in [2.45, 2.75) is 44.7 Å². The van der Waals surface area contributed by atoms with Crippen LogP contribution in [0.25, 0.3) is 22.5 Å².